The largest absolute Gasteiger partial charge is 2.00 e. The van der Waals surface area contributed by atoms with E-state index in [1.807, 2.05) is 0 Å². The van der Waals surface area contributed by atoms with Crippen LogP contribution < -0.4 is 29.6 Å². The van der Waals surface area contributed by atoms with Crippen molar-refractivity contribution in [2.45, 2.75) is 0 Å². The molecule has 0 aromatic heterocycles. The summed E-state index contributed by atoms with van der Waals surface area (Å²) in [6.07, 6.45) is 0. The van der Waals surface area contributed by atoms with Crippen LogP contribution in [0.4, 0.5) is 0 Å². The summed E-state index contributed by atoms with van der Waals surface area (Å²) < 4.78 is 0. The van der Waals surface area contributed by atoms with Crippen LogP contribution in [-0.4, -0.2) is 54.6 Å². The summed E-state index contributed by atoms with van der Waals surface area (Å²) in [5.74, 6) is 0. The number of hydrogen-bond acceptors (Lipinski definition) is 0. The Morgan fingerprint density at radius 2 is 1.00 bits per heavy atom. The summed E-state index contributed by atoms with van der Waals surface area (Å²) in [6, 6.07) is 0. The second-order valence-corrected chi connectivity index (χ2v) is 0. The third kappa shape index (κ3) is 8.83. The van der Waals surface area contributed by atoms with Crippen molar-refractivity contribution in [2.24, 2.45) is 0 Å². The van der Waals surface area contributed by atoms with Crippen LogP contribution in [0.25, 0.3) is 0 Å². The van der Waals surface area contributed by atoms with Crippen LogP contribution in [0.15, 0.2) is 0 Å². The van der Waals surface area contributed by atoms with E-state index in [1.54, 1.807) is 0 Å². The second kappa shape index (κ2) is 18.2. The van der Waals surface area contributed by atoms with E-state index in [0.717, 1.165) is 0 Å². The molecule has 0 nitrogen and oxygen atoms in total. The number of rotatable bonds is 0. The van der Waals surface area contributed by atoms with E-state index in [-0.39, 0.29) is 88.4 Å². The number of hydrogen-bond donors (Lipinski definition) is 0. The molecule has 0 aliphatic rings. The second-order valence-electron chi connectivity index (χ2n) is 0. The minimum atomic E-state index is 0. The van der Waals surface area contributed by atoms with Gasteiger partial charge in [0.05, 0.1) is 0 Å². The molecule has 0 saturated carbocycles. The van der Waals surface area contributed by atoms with E-state index in [4.69, 9.17) is 0 Å². The van der Waals surface area contributed by atoms with E-state index in [0.29, 0.717) is 0 Å². The average molecular weight is 87.7 g/mol. The van der Waals surface area contributed by atoms with E-state index >= 15 is 0 Å². The molecule has 0 rings (SSSR count). The molecule has 0 N–H and O–H groups in total. The topological polar surface area (TPSA) is 0 Å². The summed E-state index contributed by atoms with van der Waals surface area (Å²) in [6.45, 7) is 0. The van der Waals surface area contributed by atoms with Gasteiger partial charge >= 0.3 is 67.3 Å². The molecule has 12 valence electrons. The Hall–Kier alpha value is 2.39. The van der Waals surface area contributed by atoms with Crippen LogP contribution in [0.2, 0.25) is 0 Å². The van der Waals surface area contributed by atoms with Gasteiger partial charge in [0.1, 0.15) is 0 Å². The predicted molar refractivity (Wildman–Crippen MR) is 20.6 cm³/mol. The first kappa shape index (κ1) is 32.5. The molecule has 0 aliphatic heterocycles. The van der Waals surface area contributed by atoms with Crippen molar-refractivity contribution in [3.05, 3.63) is 0 Å². The zero-order chi connectivity index (χ0) is 0. The maximum atomic E-state index is 0. The first-order valence-corrected chi connectivity index (χ1v) is 0. The van der Waals surface area contributed by atoms with E-state index in [9.17, 15) is 0 Å². The summed E-state index contributed by atoms with van der Waals surface area (Å²) in [4.78, 5) is 0. The maximum Gasteiger partial charge on any atom is 2.00 e. The Morgan fingerprint density at radius 3 is 1.00 bits per heavy atom. The van der Waals surface area contributed by atoms with E-state index in [1.165, 1.54) is 0 Å². The van der Waals surface area contributed by atoms with E-state index < -0.39 is 0 Å². The van der Waals surface area contributed by atoms with Gasteiger partial charge in [0.15, 0.2) is 0 Å². The summed E-state index contributed by atoms with van der Waals surface area (Å²) in [5.41, 5.74) is 0. The molecule has 0 spiro atoms. The molecule has 0 saturated heterocycles. The van der Waals surface area contributed by atoms with Gasteiger partial charge < -0.3 is 4.28 Å². The van der Waals surface area contributed by atoms with Crippen LogP contribution in [0, 0.1) is 0 Å². The van der Waals surface area contributed by atoms with Crippen LogP contribution in [0.1, 0.15) is 4.28 Å². The van der Waals surface area contributed by atoms with Crippen molar-refractivity contribution >= 4 is 54.6 Å². The van der Waals surface area contributed by atoms with Gasteiger partial charge in [-0.05, 0) is 0 Å². The summed E-state index contributed by atoms with van der Waals surface area (Å²) in [7, 11) is 0. The first-order valence-electron chi connectivity index (χ1n) is 0. The first-order chi connectivity index (χ1) is 0. The molecule has 0 atom stereocenters. The Balaban J connectivity index is 0. The van der Waals surface area contributed by atoms with Gasteiger partial charge in [0.25, 0.3) is 0 Å². The Kier molecular flexibility index (Phi) is 148. The van der Waals surface area contributed by atoms with E-state index in [2.05, 4.69) is 0 Å². The standard InChI is InChI=1S/2B.Ca.Na.3H/q;;+2;+1;3*-1. The molecule has 0 aromatic carbocycles. The smallest absolute Gasteiger partial charge is 1.00 e. The average Bonchev–Trinajstić information content (AvgIpc) is 0. The van der Waals surface area contributed by atoms with Gasteiger partial charge in [-0.15, -0.1) is 0 Å². The van der Waals surface area contributed by atoms with Crippen molar-refractivity contribution in [1.29, 1.82) is 0 Å². The third-order valence-corrected chi connectivity index (χ3v) is 0. The molecular weight excluding hydrogens is 84.7 g/mol. The fourth-order valence-electron chi connectivity index (χ4n) is 0. The van der Waals surface area contributed by atoms with Crippen molar-refractivity contribution in [3.8, 4) is 0 Å². The van der Waals surface area contributed by atoms with Gasteiger partial charge in [-0.1, -0.05) is 0 Å². The van der Waals surface area contributed by atoms with Gasteiger partial charge in [-0.3, -0.25) is 0 Å². The van der Waals surface area contributed by atoms with Crippen molar-refractivity contribution in [1.82, 2.24) is 0 Å². The zero-order valence-corrected chi connectivity index (χ0v) is 7.07. The fraction of sp³-hybridized carbons (Fsp3) is 0. The molecular formula is H3B2CaNa. The van der Waals surface area contributed by atoms with Crippen LogP contribution in [0.5, 0.6) is 0 Å². The Labute approximate surface area is 87.0 Å². The van der Waals surface area contributed by atoms with Crippen molar-refractivity contribution in [3.63, 3.8) is 0 Å². The van der Waals surface area contributed by atoms with Crippen molar-refractivity contribution in [2.75, 3.05) is 0 Å². The normalized spacial score (nSPS) is 0. The van der Waals surface area contributed by atoms with Crippen LogP contribution in [0.3, 0.4) is 0 Å². The molecule has 0 fully saturated rings. The molecule has 0 aliphatic carbocycles. The molecule has 4 heteroatoms. The van der Waals surface area contributed by atoms with Crippen molar-refractivity contribution < 1.29 is 33.8 Å². The van der Waals surface area contributed by atoms with Crippen LogP contribution >= 0.6 is 0 Å². The summed E-state index contributed by atoms with van der Waals surface area (Å²) in [5, 5.41) is 0. The third-order valence-electron chi connectivity index (χ3n) is 0. The van der Waals surface area contributed by atoms with Crippen LogP contribution in [-0.2, 0) is 0 Å². The predicted octanol–water partition coefficient (Wildman–Crippen LogP) is -3.80. The molecule has 0 aromatic rings. The monoisotopic (exact) mass is 88.0 g/mol. The van der Waals surface area contributed by atoms with Gasteiger partial charge in [-0.25, -0.2) is 0 Å². The van der Waals surface area contributed by atoms with Gasteiger partial charge in [0.2, 0.25) is 0 Å². The maximum absolute atomic E-state index is 0. The molecule has 0 amide bonds. The van der Waals surface area contributed by atoms with Gasteiger partial charge in [0, 0.05) is 16.8 Å². The SMILES string of the molecule is [B].[B].[Ca+2].[H-].[H-].[H-].[Na+]. The minimum Gasteiger partial charge on any atom is -1.00 e. The zero-order valence-electron chi connectivity index (χ0n) is 5.86. The fourth-order valence-corrected chi connectivity index (χ4v) is 0. The molecule has 0 heterocycles. The quantitative estimate of drug-likeness (QED) is 0.266. The Bertz CT molecular complexity index is 12.9. The summed E-state index contributed by atoms with van der Waals surface area (Å²) >= 11 is 0. The molecule has 6 radical (unpaired) electrons. The van der Waals surface area contributed by atoms with Gasteiger partial charge in [-0.2, -0.15) is 0 Å². The molecule has 0 unspecified atom stereocenters. The molecule has 4 heavy (non-hydrogen) atoms. The Morgan fingerprint density at radius 1 is 1.00 bits per heavy atom. The molecule has 0 bridgehead atoms. The minimum absolute atomic E-state index is 0.